The Morgan fingerprint density at radius 2 is 1.83 bits per heavy atom. The van der Waals surface area contributed by atoms with Crippen LogP contribution in [0.4, 0.5) is 0 Å². The molecule has 0 aliphatic rings. The molecule has 2 rings (SSSR count). The monoisotopic (exact) mass is 161 g/mol. The number of H-pyrrole nitrogens is 1. The van der Waals surface area contributed by atoms with E-state index in [0.717, 1.165) is 10.8 Å². The second-order valence-electron chi connectivity index (χ2n) is 2.72. The zero-order valence-electron chi connectivity index (χ0n) is 6.36. The Balaban J connectivity index is 2.60. The lowest BCUT2D eigenvalue weighted by Crippen LogP contribution is -2.29. The lowest BCUT2D eigenvalue weighted by Gasteiger charge is -1.97. The summed E-state index contributed by atoms with van der Waals surface area (Å²) in [5.74, 6) is 0. The quantitative estimate of drug-likeness (QED) is 0.509. The van der Waals surface area contributed by atoms with Gasteiger partial charge < -0.3 is 15.0 Å². The van der Waals surface area contributed by atoms with Gasteiger partial charge in [-0.1, -0.05) is 18.2 Å². The van der Waals surface area contributed by atoms with Crippen LogP contribution in [0.1, 0.15) is 0 Å². The molecule has 60 valence electrons. The number of aromatic amines is 1. The van der Waals surface area contributed by atoms with E-state index in [1.54, 1.807) is 12.1 Å². The SMILES string of the molecule is OB(O)c1ccc2c[nH]cc2c1. The number of fused-ring (bicyclic) bond motifs is 1. The molecule has 0 saturated carbocycles. The summed E-state index contributed by atoms with van der Waals surface area (Å²) in [7, 11) is -1.38. The van der Waals surface area contributed by atoms with Crippen molar-refractivity contribution in [3.8, 4) is 0 Å². The fraction of sp³-hybridized carbons (Fsp3) is 0. The molecule has 0 radical (unpaired) electrons. The van der Waals surface area contributed by atoms with Crippen LogP contribution in [-0.4, -0.2) is 22.2 Å². The molecule has 12 heavy (non-hydrogen) atoms. The Hall–Kier alpha value is -1.26. The standard InChI is InChI=1S/C8H8BNO2/c11-9(12)8-2-1-6-4-10-5-7(6)3-8/h1-5,10-12H. The summed E-state index contributed by atoms with van der Waals surface area (Å²) < 4.78 is 0. The van der Waals surface area contributed by atoms with E-state index in [1.165, 1.54) is 0 Å². The zero-order valence-corrected chi connectivity index (χ0v) is 6.36. The van der Waals surface area contributed by atoms with Crippen molar-refractivity contribution in [2.45, 2.75) is 0 Å². The van der Waals surface area contributed by atoms with Crippen LogP contribution >= 0.6 is 0 Å². The molecule has 0 aliphatic heterocycles. The number of benzene rings is 1. The van der Waals surface area contributed by atoms with E-state index in [1.807, 2.05) is 18.5 Å². The van der Waals surface area contributed by atoms with Crippen molar-refractivity contribution in [3.05, 3.63) is 30.6 Å². The molecule has 0 bridgehead atoms. The number of aromatic nitrogens is 1. The molecule has 2 aromatic rings. The third-order valence-electron chi connectivity index (χ3n) is 1.89. The van der Waals surface area contributed by atoms with Crippen LogP contribution < -0.4 is 5.46 Å². The van der Waals surface area contributed by atoms with Crippen molar-refractivity contribution in [2.24, 2.45) is 0 Å². The normalized spacial score (nSPS) is 10.5. The molecule has 4 heteroatoms. The third-order valence-corrected chi connectivity index (χ3v) is 1.89. The molecule has 3 nitrogen and oxygen atoms in total. The number of hydrogen-bond donors (Lipinski definition) is 3. The molecule has 0 unspecified atom stereocenters. The summed E-state index contributed by atoms with van der Waals surface area (Å²) >= 11 is 0. The van der Waals surface area contributed by atoms with Gasteiger partial charge in [-0.25, -0.2) is 0 Å². The van der Waals surface area contributed by atoms with Crippen LogP contribution in [-0.2, 0) is 0 Å². The molecule has 0 fully saturated rings. The highest BCUT2D eigenvalue weighted by atomic mass is 16.4. The van der Waals surface area contributed by atoms with E-state index in [-0.39, 0.29) is 0 Å². The fourth-order valence-electron chi connectivity index (χ4n) is 1.23. The topological polar surface area (TPSA) is 56.2 Å². The predicted molar refractivity (Wildman–Crippen MR) is 48.1 cm³/mol. The summed E-state index contributed by atoms with van der Waals surface area (Å²) in [5, 5.41) is 19.8. The maximum absolute atomic E-state index is 8.87. The maximum atomic E-state index is 8.87. The van der Waals surface area contributed by atoms with Crippen molar-refractivity contribution in [1.29, 1.82) is 0 Å². The number of rotatable bonds is 1. The molecule has 0 aliphatic carbocycles. The Morgan fingerprint density at radius 1 is 1.08 bits per heavy atom. The predicted octanol–water partition coefficient (Wildman–Crippen LogP) is -0.152. The van der Waals surface area contributed by atoms with Crippen LogP contribution in [0.15, 0.2) is 30.6 Å². The highest BCUT2D eigenvalue weighted by molar-refractivity contribution is 6.58. The molecule has 1 heterocycles. The van der Waals surface area contributed by atoms with Gasteiger partial charge >= 0.3 is 7.12 Å². The summed E-state index contributed by atoms with van der Waals surface area (Å²) in [6.07, 6.45) is 3.68. The Bertz CT molecular complexity index is 397. The van der Waals surface area contributed by atoms with Gasteiger partial charge in [0.15, 0.2) is 0 Å². The smallest absolute Gasteiger partial charge is 0.423 e. The van der Waals surface area contributed by atoms with Crippen molar-refractivity contribution < 1.29 is 10.0 Å². The highest BCUT2D eigenvalue weighted by Gasteiger charge is 2.10. The summed E-state index contributed by atoms with van der Waals surface area (Å²) in [5.41, 5.74) is 0.516. The van der Waals surface area contributed by atoms with Crippen LogP contribution in [0, 0.1) is 0 Å². The van der Waals surface area contributed by atoms with Gasteiger partial charge in [0.25, 0.3) is 0 Å². The Kier molecular flexibility index (Phi) is 1.64. The van der Waals surface area contributed by atoms with E-state index in [0.29, 0.717) is 5.46 Å². The highest BCUT2D eigenvalue weighted by Crippen LogP contribution is 2.09. The third kappa shape index (κ3) is 1.11. The molecular formula is C8H8BNO2. The summed E-state index contributed by atoms with van der Waals surface area (Å²) in [6, 6.07) is 5.29. The molecule has 1 aromatic heterocycles. The minimum absolute atomic E-state index is 0.516. The van der Waals surface area contributed by atoms with Gasteiger partial charge in [-0.15, -0.1) is 0 Å². The van der Waals surface area contributed by atoms with Crippen LogP contribution in [0.2, 0.25) is 0 Å². The van der Waals surface area contributed by atoms with Crippen LogP contribution in [0.5, 0.6) is 0 Å². The maximum Gasteiger partial charge on any atom is 0.488 e. The first-order valence-electron chi connectivity index (χ1n) is 3.70. The first-order chi connectivity index (χ1) is 5.77. The van der Waals surface area contributed by atoms with E-state index in [9.17, 15) is 0 Å². The van der Waals surface area contributed by atoms with Crippen molar-refractivity contribution in [2.75, 3.05) is 0 Å². The van der Waals surface area contributed by atoms with Gasteiger partial charge in [0, 0.05) is 12.4 Å². The second-order valence-corrected chi connectivity index (χ2v) is 2.72. The van der Waals surface area contributed by atoms with Crippen molar-refractivity contribution in [1.82, 2.24) is 4.98 Å². The van der Waals surface area contributed by atoms with Gasteiger partial charge in [-0.2, -0.15) is 0 Å². The fourth-order valence-corrected chi connectivity index (χ4v) is 1.23. The molecule has 0 spiro atoms. The molecule has 3 N–H and O–H groups in total. The van der Waals surface area contributed by atoms with E-state index in [4.69, 9.17) is 10.0 Å². The first-order valence-corrected chi connectivity index (χ1v) is 3.70. The van der Waals surface area contributed by atoms with Gasteiger partial charge in [0.2, 0.25) is 0 Å². The van der Waals surface area contributed by atoms with Gasteiger partial charge in [0.05, 0.1) is 0 Å². The number of hydrogen-bond acceptors (Lipinski definition) is 2. The molecule has 0 atom stereocenters. The van der Waals surface area contributed by atoms with E-state index >= 15 is 0 Å². The average Bonchev–Trinajstić information content (AvgIpc) is 2.49. The van der Waals surface area contributed by atoms with E-state index < -0.39 is 7.12 Å². The van der Waals surface area contributed by atoms with Crippen LogP contribution in [0.3, 0.4) is 0 Å². The molecule has 1 aromatic carbocycles. The summed E-state index contributed by atoms with van der Waals surface area (Å²) in [6.45, 7) is 0. The average molecular weight is 161 g/mol. The van der Waals surface area contributed by atoms with Gasteiger partial charge in [-0.05, 0) is 16.2 Å². The van der Waals surface area contributed by atoms with Crippen molar-refractivity contribution in [3.63, 3.8) is 0 Å². The Labute approximate surface area is 69.8 Å². The molecular weight excluding hydrogens is 153 g/mol. The van der Waals surface area contributed by atoms with Crippen LogP contribution in [0.25, 0.3) is 10.8 Å². The minimum Gasteiger partial charge on any atom is -0.423 e. The van der Waals surface area contributed by atoms with Gasteiger partial charge in [0.1, 0.15) is 0 Å². The lowest BCUT2D eigenvalue weighted by molar-refractivity contribution is 0.426. The molecule has 0 saturated heterocycles. The first kappa shape index (κ1) is 7.40. The van der Waals surface area contributed by atoms with E-state index in [2.05, 4.69) is 4.98 Å². The lowest BCUT2D eigenvalue weighted by atomic mass is 9.80. The number of nitrogens with one attached hydrogen (secondary N) is 1. The largest absolute Gasteiger partial charge is 0.488 e. The van der Waals surface area contributed by atoms with Gasteiger partial charge in [-0.3, -0.25) is 0 Å². The second kappa shape index (κ2) is 2.66. The molecule has 0 amide bonds. The van der Waals surface area contributed by atoms with Crippen molar-refractivity contribution >= 4 is 23.4 Å². The Morgan fingerprint density at radius 3 is 2.58 bits per heavy atom. The summed E-state index contributed by atoms with van der Waals surface area (Å²) in [4.78, 5) is 2.94. The zero-order chi connectivity index (χ0) is 8.55. The minimum atomic E-state index is -1.38.